The number of ether oxygens (including phenoxy) is 2. The van der Waals surface area contributed by atoms with E-state index in [2.05, 4.69) is 0 Å². The van der Waals surface area contributed by atoms with Crippen molar-refractivity contribution >= 4 is 23.5 Å². The average Bonchev–Trinajstić information content (AvgIpc) is 2.58. The molecule has 138 valence electrons. The molecule has 1 amide bonds. The van der Waals surface area contributed by atoms with E-state index in [0.717, 1.165) is 6.42 Å². The Labute approximate surface area is 152 Å². The van der Waals surface area contributed by atoms with Gasteiger partial charge in [0.15, 0.2) is 11.5 Å². The van der Waals surface area contributed by atoms with E-state index in [1.165, 1.54) is 7.11 Å². The van der Waals surface area contributed by atoms with Crippen LogP contribution in [0.4, 0.5) is 0 Å². The predicted molar refractivity (Wildman–Crippen MR) is 94.6 cm³/mol. The summed E-state index contributed by atoms with van der Waals surface area (Å²) in [4.78, 5) is 25.7. The van der Waals surface area contributed by atoms with E-state index in [4.69, 9.17) is 21.1 Å². The molecule has 1 aliphatic heterocycles. The van der Waals surface area contributed by atoms with Gasteiger partial charge in [0.05, 0.1) is 24.7 Å². The molecule has 2 rings (SSSR count). The van der Waals surface area contributed by atoms with Crippen molar-refractivity contribution in [3.8, 4) is 11.5 Å². The maximum atomic E-state index is 12.8. The smallest absolute Gasteiger partial charge is 0.308 e. The second-order valence-corrected chi connectivity index (χ2v) is 6.83. The molecule has 1 aromatic carbocycles. The number of likely N-dealkylation sites (tertiary alicyclic amines) is 1. The number of carbonyl (C=O) groups excluding carboxylic acids is 1. The number of carboxylic acid groups (broad SMARTS) is 1. The van der Waals surface area contributed by atoms with E-state index < -0.39 is 11.9 Å². The summed E-state index contributed by atoms with van der Waals surface area (Å²) in [5, 5.41) is 9.58. The van der Waals surface area contributed by atoms with Gasteiger partial charge in [0, 0.05) is 18.7 Å². The van der Waals surface area contributed by atoms with E-state index in [1.54, 1.807) is 17.0 Å². The van der Waals surface area contributed by atoms with Gasteiger partial charge in [0.2, 0.25) is 0 Å². The zero-order valence-electron chi connectivity index (χ0n) is 14.8. The summed E-state index contributed by atoms with van der Waals surface area (Å²) in [7, 11) is 1.49. The number of methoxy groups -OCH3 is 1. The van der Waals surface area contributed by atoms with Crippen LogP contribution in [-0.2, 0) is 4.79 Å². The van der Waals surface area contributed by atoms with Gasteiger partial charge >= 0.3 is 5.97 Å². The van der Waals surface area contributed by atoms with E-state index >= 15 is 0 Å². The van der Waals surface area contributed by atoms with E-state index in [9.17, 15) is 14.7 Å². The standard InChI is InChI=1S/C18H24ClNO5/c1-4-5-25-16-14(19)7-12(8-15(16)24-3)17(21)20-9-11(2)6-13(10-20)18(22)23/h7-8,11,13H,4-6,9-10H2,1-3H3,(H,22,23). The fraction of sp³-hybridized carbons (Fsp3) is 0.556. The molecule has 1 aliphatic rings. The first kappa shape index (κ1) is 19.4. The number of amides is 1. The summed E-state index contributed by atoms with van der Waals surface area (Å²) < 4.78 is 10.9. The number of benzene rings is 1. The third-order valence-corrected chi connectivity index (χ3v) is 4.50. The predicted octanol–water partition coefficient (Wildman–Crippen LogP) is 3.32. The molecule has 2 unspecified atom stereocenters. The minimum absolute atomic E-state index is 0.128. The number of hydrogen-bond acceptors (Lipinski definition) is 4. The molecule has 1 saturated heterocycles. The molecule has 1 heterocycles. The molecule has 2 atom stereocenters. The van der Waals surface area contributed by atoms with Crippen LogP contribution >= 0.6 is 11.6 Å². The zero-order chi connectivity index (χ0) is 18.6. The highest BCUT2D eigenvalue weighted by Crippen LogP contribution is 2.37. The fourth-order valence-corrected chi connectivity index (χ4v) is 3.33. The van der Waals surface area contributed by atoms with Gasteiger partial charge in [-0.25, -0.2) is 0 Å². The van der Waals surface area contributed by atoms with Crippen LogP contribution in [0.5, 0.6) is 11.5 Å². The number of halogens is 1. The molecule has 1 N–H and O–H groups in total. The minimum Gasteiger partial charge on any atom is -0.493 e. The lowest BCUT2D eigenvalue weighted by molar-refractivity contribution is -0.143. The Bertz CT molecular complexity index is 649. The Morgan fingerprint density at radius 3 is 2.68 bits per heavy atom. The Morgan fingerprint density at radius 2 is 2.08 bits per heavy atom. The Balaban J connectivity index is 2.26. The normalized spacial score (nSPS) is 20.2. The SMILES string of the molecule is CCCOc1c(Cl)cc(C(=O)N2CC(C)CC(C(=O)O)C2)cc1OC. The van der Waals surface area contributed by atoms with Crippen LogP contribution in [0.2, 0.25) is 5.02 Å². The highest BCUT2D eigenvalue weighted by molar-refractivity contribution is 6.32. The summed E-state index contributed by atoms with van der Waals surface area (Å²) >= 11 is 6.27. The fourth-order valence-electron chi connectivity index (χ4n) is 3.07. The Kier molecular flexibility index (Phi) is 6.53. The Hall–Kier alpha value is -1.95. The van der Waals surface area contributed by atoms with Gasteiger partial charge in [-0.2, -0.15) is 0 Å². The van der Waals surface area contributed by atoms with Crippen molar-refractivity contribution in [2.24, 2.45) is 11.8 Å². The first-order chi connectivity index (χ1) is 11.9. The quantitative estimate of drug-likeness (QED) is 0.832. The van der Waals surface area contributed by atoms with Crippen molar-refractivity contribution in [3.63, 3.8) is 0 Å². The highest BCUT2D eigenvalue weighted by atomic mass is 35.5. The average molecular weight is 370 g/mol. The maximum Gasteiger partial charge on any atom is 0.308 e. The number of rotatable bonds is 6. The first-order valence-electron chi connectivity index (χ1n) is 8.39. The lowest BCUT2D eigenvalue weighted by Gasteiger charge is -2.34. The summed E-state index contributed by atoms with van der Waals surface area (Å²) in [6, 6.07) is 3.14. The molecular weight excluding hydrogens is 346 g/mol. The zero-order valence-corrected chi connectivity index (χ0v) is 15.5. The molecule has 0 bridgehead atoms. The largest absolute Gasteiger partial charge is 0.493 e. The van der Waals surface area contributed by atoms with Crippen LogP contribution in [0.3, 0.4) is 0 Å². The summed E-state index contributed by atoms with van der Waals surface area (Å²) in [5.74, 6) is -0.731. The van der Waals surface area contributed by atoms with E-state index in [-0.39, 0.29) is 18.4 Å². The van der Waals surface area contributed by atoms with Crippen molar-refractivity contribution in [3.05, 3.63) is 22.7 Å². The van der Waals surface area contributed by atoms with Crippen LogP contribution < -0.4 is 9.47 Å². The van der Waals surface area contributed by atoms with E-state index in [0.29, 0.717) is 41.7 Å². The summed E-state index contributed by atoms with van der Waals surface area (Å²) in [5.41, 5.74) is 0.365. The number of aliphatic carboxylic acids is 1. The van der Waals surface area contributed by atoms with Crippen molar-refractivity contribution in [2.75, 3.05) is 26.8 Å². The molecule has 0 aromatic heterocycles. The second-order valence-electron chi connectivity index (χ2n) is 6.42. The van der Waals surface area contributed by atoms with Crippen molar-refractivity contribution < 1.29 is 24.2 Å². The lowest BCUT2D eigenvalue weighted by Crippen LogP contribution is -2.45. The topological polar surface area (TPSA) is 76.1 Å². The second kappa shape index (κ2) is 8.43. The van der Waals surface area contributed by atoms with Crippen LogP contribution in [0, 0.1) is 11.8 Å². The third-order valence-electron chi connectivity index (χ3n) is 4.22. The van der Waals surface area contributed by atoms with Gasteiger partial charge in [0.25, 0.3) is 5.91 Å². The number of carboxylic acids is 1. The molecule has 0 saturated carbocycles. The number of hydrogen-bond donors (Lipinski definition) is 1. The summed E-state index contributed by atoms with van der Waals surface area (Å²) in [6.45, 7) is 5.15. The molecule has 7 heteroatoms. The van der Waals surface area contributed by atoms with Gasteiger partial charge in [-0.05, 0) is 30.9 Å². The van der Waals surface area contributed by atoms with Gasteiger partial charge in [-0.1, -0.05) is 25.4 Å². The molecule has 0 radical (unpaired) electrons. The van der Waals surface area contributed by atoms with Crippen molar-refractivity contribution in [1.29, 1.82) is 0 Å². The van der Waals surface area contributed by atoms with E-state index in [1.807, 2.05) is 13.8 Å². The Morgan fingerprint density at radius 1 is 1.36 bits per heavy atom. The van der Waals surface area contributed by atoms with Crippen molar-refractivity contribution in [1.82, 2.24) is 4.90 Å². The van der Waals surface area contributed by atoms with Crippen LogP contribution in [0.1, 0.15) is 37.0 Å². The molecule has 1 fully saturated rings. The monoisotopic (exact) mass is 369 g/mol. The summed E-state index contributed by atoms with van der Waals surface area (Å²) in [6.07, 6.45) is 1.40. The van der Waals surface area contributed by atoms with Gasteiger partial charge in [-0.3, -0.25) is 9.59 Å². The van der Waals surface area contributed by atoms with Gasteiger partial charge in [-0.15, -0.1) is 0 Å². The molecule has 0 spiro atoms. The highest BCUT2D eigenvalue weighted by Gasteiger charge is 2.32. The van der Waals surface area contributed by atoms with Crippen LogP contribution in [-0.4, -0.2) is 48.7 Å². The van der Waals surface area contributed by atoms with Gasteiger partial charge < -0.3 is 19.5 Å². The van der Waals surface area contributed by atoms with Crippen LogP contribution in [0.25, 0.3) is 0 Å². The molecular formula is C18H24ClNO5. The molecule has 6 nitrogen and oxygen atoms in total. The number of nitrogens with zero attached hydrogens (tertiary/aromatic N) is 1. The molecule has 0 aliphatic carbocycles. The first-order valence-corrected chi connectivity index (χ1v) is 8.77. The lowest BCUT2D eigenvalue weighted by atomic mass is 9.90. The number of piperidine rings is 1. The van der Waals surface area contributed by atoms with Crippen molar-refractivity contribution in [2.45, 2.75) is 26.7 Å². The third kappa shape index (κ3) is 4.57. The molecule has 1 aromatic rings. The van der Waals surface area contributed by atoms with Gasteiger partial charge in [0.1, 0.15) is 0 Å². The number of carbonyl (C=O) groups is 2. The van der Waals surface area contributed by atoms with Crippen LogP contribution in [0.15, 0.2) is 12.1 Å². The maximum absolute atomic E-state index is 12.8. The molecule has 25 heavy (non-hydrogen) atoms. The minimum atomic E-state index is -0.872.